The predicted octanol–water partition coefficient (Wildman–Crippen LogP) is 3.76. The molecule has 0 fully saturated rings. The second kappa shape index (κ2) is 43.0. The molecular weight excluding hydrogens is 755 g/mol. The van der Waals surface area contributed by atoms with Gasteiger partial charge in [-0.2, -0.15) is 0 Å². The quantitative estimate of drug-likeness (QED) is 0.0426. The highest BCUT2D eigenvalue weighted by molar-refractivity contribution is 6.04. The average molecular weight is 846 g/mol. The number of hydrogen-bond acceptors (Lipinski definition) is 11. The zero-order valence-corrected chi connectivity index (χ0v) is 38.1. The molecule has 0 unspecified atom stereocenters. The molecule has 0 aliphatic carbocycles. The van der Waals surface area contributed by atoms with Crippen molar-refractivity contribution in [3.63, 3.8) is 0 Å². The van der Waals surface area contributed by atoms with Crippen LogP contribution in [0.1, 0.15) is 160 Å². The van der Waals surface area contributed by atoms with Gasteiger partial charge in [-0.1, -0.05) is 19.8 Å². The lowest BCUT2D eigenvalue weighted by Crippen LogP contribution is -2.30. The van der Waals surface area contributed by atoms with Crippen LogP contribution in [0.4, 0.5) is 0 Å². The summed E-state index contributed by atoms with van der Waals surface area (Å²) in [4.78, 5) is 39.8. The largest absolute Gasteiger partial charge is 0.352 e. The van der Waals surface area contributed by atoms with E-state index in [9.17, 15) is 14.4 Å². The number of rotatable bonds is 45. The first-order valence-electron chi connectivity index (χ1n) is 24.2. The molecule has 0 spiro atoms. The number of carbonyl (C=O) groups excluding carboxylic acids is 3. The van der Waals surface area contributed by atoms with Gasteiger partial charge >= 0.3 is 0 Å². The zero-order valence-electron chi connectivity index (χ0n) is 38.1. The molecule has 0 aliphatic rings. The second-order valence-electron chi connectivity index (χ2n) is 16.0. The van der Waals surface area contributed by atoms with Crippen molar-refractivity contribution in [2.75, 3.05) is 111 Å². The number of amides is 3. The van der Waals surface area contributed by atoms with E-state index in [1.807, 2.05) is 0 Å². The van der Waals surface area contributed by atoms with Crippen LogP contribution >= 0.6 is 0 Å². The third-order valence-corrected chi connectivity index (χ3v) is 10.4. The number of nitrogens with one attached hydrogen (secondary N) is 9. The maximum Gasteiger partial charge on any atom is 0.251 e. The van der Waals surface area contributed by atoms with Crippen LogP contribution in [0.25, 0.3) is 0 Å². The van der Waals surface area contributed by atoms with Crippen molar-refractivity contribution in [1.29, 1.82) is 0 Å². The van der Waals surface area contributed by atoms with Crippen molar-refractivity contribution in [2.45, 2.75) is 129 Å². The molecule has 14 heteroatoms. The van der Waals surface area contributed by atoms with E-state index in [4.69, 9.17) is 11.5 Å². The normalized spacial score (nSPS) is 11.2. The van der Waals surface area contributed by atoms with Gasteiger partial charge in [0, 0.05) is 36.3 Å². The van der Waals surface area contributed by atoms with Gasteiger partial charge in [0.15, 0.2) is 0 Å². The summed E-state index contributed by atoms with van der Waals surface area (Å²) in [5, 5.41) is 29.9. The van der Waals surface area contributed by atoms with Crippen LogP contribution in [0.3, 0.4) is 0 Å². The van der Waals surface area contributed by atoms with Crippen LogP contribution in [-0.4, -0.2) is 129 Å². The van der Waals surface area contributed by atoms with Gasteiger partial charge in [-0.05, 0) is 219 Å². The number of nitrogens with two attached hydrogens (primary N) is 2. The van der Waals surface area contributed by atoms with Gasteiger partial charge in [0.2, 0.25) is 0 Å². The Morgan fingerprint density at radius 2 is 0.533 bits per heavy atom. The first-order chi connectivity index (χ1) is 29.5. The first kappa shape index (κ1) is 55.3. The molecule has 0 bridgehead atoms. The smallest absolute Gasteiger partial charge is 0.251 e. The molecule has 0 heterocycles. The summed E-state index contributed by atoms with van der Waals surface area (Å²) < 4.78 is 0. The fourth-order valence-electron chi connectivity index (χ4n) is 6.60. The summed E-state index contributed by atoms with van der Waals surface area (Å²) in [6, 6.07) is 4.79. The molecule has 14 nitrogen and oxygen atoms in total. The molecule has 0 atom stereocenters. The molecule has 0 aromatic heterocycles. The van der Waals surface area contributed by atoms with E-state index in [1.165, 1.54) is 25.7 Å². The van der Waals surface area contributed by atoms with Gasteiger partial charge in [-0.15, -0.1) is 0 Å². The minimum absolute atomic E-state index is 0.278. The SMILES string of the molecule is CCCCCNCCCCNCCCCNC(=O)c1cc(C(=O)NCCCCNCCCCNCCCCN)cc(C(=O)NCCCCNCCCCNCCCCN)c1. The second-order valence-corrected chi connectivity index (χ2v) is 16.0. The summed E-state index contributed by atoms with van der Waals surface area (Å²) in [5.41, 5.74) is 12.0. The summed E-state index contributed by atoms with van der Waals surface area (Å²) in [5.74, 6) is -0.838. The summed E-state index contributed by atoms with van der Waals surface area (Å²) in [7, 11) is 0. The van der Waals surface area contributed by atoms with Crippen LogP contribution in [0.5, 0.6) is 0 Å². The van der Waals surface area contributed by atoms with E-state index >= 15 is 0 Å². The van der Waals surface area contributed by atoms with Gasteiger partial charge in [-0.3, -0.25) is 14.4 Å². The summed E-state index contributed by atoms with van der Waals surface area (Å²) >= 11 is 0. The maximum atomic E-state index is 13.3. The van der Waals surface area contributed by atoms with E-state index in [-0.39, 0.29) is 17.7 Å². The molecule has 0 saturated heterocycles. The van der Waals surface area contributed by atoms with Crippen molar-refractivity contribution in [3.8, 4) is 0 Å². The Morgan fingerprint density at radius 3 is 0.750 bits per heavy atom. The topological polar surface area (TPSA) is 212 Å². The molecule has 1 rings (SSSR count). The average Bonchev–Trinajstić information content (AvgIpc) is 3.26. The molecule has 0 aliphatic heterocycles. The van der Waals surface area contributed by atoms with Gasteiger partial charge in [-0.25, -0.2) is 0 Å². The van der Waals surface area contributed by atoms with E-state index in [0.717, 1.165) is 188 Å². The van der Waals surface area contributed by atoms with Gasteiger partial charge in [0.05, 0.1) is 0 Å². The lowest BCUT2D eigenvalue weighted by Gasteiger charge is -2.12. The zero-order chi connectivity index (χ0) is 43.4. The van der Waals surface area contributed by atoms with Crippen molar-refractivity contribution in [1.82, 2.24) is 47.9 Å². The molecule has 0 radical (unpaired) electrons. The third-order valence-electron chi connectivity index (χ3n) is 10.4. The van der Waals surface area contributed by atoms with Crippen molar-refractivity contribution < 1.29 is 14.4 Å². The minimum Gasteiger partial charge on any atom is -0.352 e. The predicted molar refractivity (Wildman–Crippen MR) is 252 cm³/mol. The molecule has 1 aromatic rings. The molecule has 348 valence electrons. The Hall–Kier alpha value is -2.69. The van der Waals surface area contributed by atoms with Gasteiger partial charge in [0.1, 0.15) is 0 Å². The fourth-order valence-corrected chi connectivity index (χ4v) is 6.60. The number of unbranched alkanes of at least 4 members (excludes halogenated alkanes) is 10. The Morgan fingerprint density at radius 1 is 0.333 bits per heavy atom. The Balaban J connectivity index is 2.48. The molecule has 13 N–H and O–H groups in total. The number of benzene rings is 1. The van der Waals surface area contributed by atoms with Gasteiger partial charge in [0.25, 0.3) is 17.7 Å². The Kier molecular flexibility index (Phi) is 39.6. The highest BCUT2D eigenvalue weighted by Crippen LogP contribution is 2.12. The lowest BCUT2D eigenvalue weighted by molar-refractivity contribution is 0.0952. The molecule has 60 heavy (non-hydrogen) atoms. The van der Waals surface area contributed by atoms with E-state index in [2.05, 4.69) is 54.8 Å². The van der Waals surface area contributed by atoms with Crippen molar-refractivity contribution >= 4 is 17.7 Å². The number of carbonyl (C=O) groups is 3. The van der Waals surface area contributed by atoms with Gasteiger partial charge < -0.3 is 59.3 Å². The van der Waals surface area contributed by atoms with Crippen LogP contribution in [0.15, 0.2) is 18.2 Å². The van der Waals surface area contributed by atoms with E-state index < -0.39 is 0 Å². The Bertz CT molecular complexity index is 1010. The minimum atomic E-state index is -0.280. The van der Waals surface area contributed by atoms with Crippen LogP contribution in [-0.2, 0) is 0 Å². The highest BCUT2D eigenvalue weighted by atomic mass is 16.2. The van der Waals surface area contributed by atoms with Crippen LogP contribution in [0.2, 0.25) is 0 Å². The Labute approximate surface area is 365 Å². The molecule has 3 amide bonds. The molecule has 1 aromatic carbocycles. The van der Waals surface area contributed by atoms with Crippen LogP contribution < -0.4 is 59.3 Å². The highest BCUT2D eigenvalue weighted by Gasteiger charge is 2.16. The first-order valence-corrected chi connectivity index (χ1v) is 24.2. The van der Waals surface area contributed by atoms with E-state index in [0.29, 0.717) is 36.3 Å². The van der Waals surface area contributed by atoms with Crippen LogP contribution in [0, 0.1) is 0 Å². The summed E-state index contributed by atoms with van der Waals surface area (Å²) in [6.45, 7) is 17.3. The van der Waals surface area contributed by atoms with Crippen molar-refractivity contribution in [3.05, 3.63) is 34.9 Å². The monoisotopic (exact) mass is 846 g/mol. The van der Waals surface area contributed by atoms with Crippen molar-refractivity contribution in [2.24, 2.45) is 11.5 Å². The fraction of sp³-hybridized carbons (Fsp3) is 0.804. The maximum absolute atomic E-state index is 13.3. The van der Waals surface area contributed by atoms with E-state index in [1.54, 1.807) is 18.2 Å². The molecule has 0 saturated carbocycles. The molecular formula is C46H91N11O3. The standard InChI is InChI=1S/C46H91N11O3/c1-2-3-6-23-49-26-9-12-29-52-32-15-18-35-55-44(58)41-38-42(45(59)56-36-19-16-33-53-30-13-10-27-50-24-7-4-21-47)40-43(39-41)46(60)57-37-20-17-34-54-31-14-11-28-51-25-8-5-22-48/h38-40,49-54H,2-37,47-48H2,1H3,(H,55,58)(H,56,59)(H,57,60). The lowest BCUT2D eigenvalue weighted by atomic mass is 10.0. The number of hydrogen-bond donors (Lipinski definition) is 11. The summed E-state index contributed by atoms with van der Waals surface area (Å²) in [6.07, 6.45) is 20.4. The third kappa shape index (κ3) is 34.0.